The largest absolute Gasteiger partial charge is 0.326 e. The predicted octanol–water partition coefficient (Wildman–Crippen LogP) is 1.20. The maximum atomic E-state index is 6.06. The van der Waals surface area contributed by atoms with Gasteiger partial charge in [-0.1, -0.05) is 17.7 Å². The van der Waals surface area contributed by atoms with Gasteiger partial charge in [0.15, 0.2) is 0 Å². The Hall–Kier alpha value is -0.610. The van der Waals surface area contributed by atoms with Crippen molar-refractivity contribution in [3.8, 4) is 0 Å². The molecule has 16 heavy (non-hydrogen) atoms. The fourth-order valence-electron chi connectivity index (χ4n) is 2.05. The van der Waals surface area contributed by atoms with E-state index in [1.807, 2.05) is 12.1 Å². The zero-order valence-electron chi connectivity index (χ0n) is 9.38. The lowest BCUT2D eigenvalue weighted by Crippen LogP contribution is -2.42. The molecule has 0 radical (unpaired) electrons. The Morgan fingerprint density at radius 2 is 1.88 bits per heavy atom. The Morgan fingerprint density at radius 1 is 1.19 bits per heavy atom. The van der Waals surface area contributed by atoms with E-state index < -0.39 is 0 Å². The molecule has 2 rings (SSSR count). The van der Waals surface area contributed by atoms with Crippen molar-refractivity contribution in [1.82, 2.24) is 10.2 Å². The lowest BCUT2D eigenvalue weighted by Gasteiger charge is -2.27. The first-order valence-corrected chi connectivity index (χ1v) is 6.07. The van der Waals surface area contributed by atoms with Gasteiger partial charge < -0.3 is 11.1 Å². The van der Waals surface area contributed by atoms with Crippen molar-refractivity contribution >= 4 is 11.6 Å². The molecule has 0 amide bonds. The van der Waals surface area contributed by atoms with Gasteiger partial charge in [0, 0.05) is 44.3 Å². The summed E-state index contributed by atoms with van der Waals surface area (Å²) < 4.78 is 0. The predicted molar refractivity (Wildman–Crippen MR) is 67.5 cm³/mol. The first-order valence-electron chi connectivity index (χ1n) is 5.69. The van der Waals surface area contributed by atoms with E-state index in [0.717, 1.165) is 43.3 Å². The number of hydrogen-bond acceptors (Lipinski definition) is 3. The van der Waals surface area contributed by atoms with Crippen molar-refractivity contribution in [1.29, 1.82) is 0 Å². The highest BCUT2D eigenvalue weighted by molar-refractivity contribution is 6.30. The number of nitrogens with one attached hydrogen (secondary N) is 1. The standard InChI is InChI=1S/C12H18ClN3/c13-12-6-10(8-14)5-11(7-12)9-16-3-1-15-2-4-16/h5-7,15H,1-4,8-9,14H2. The minimum absolute atomic E-state index is 0.551. The third kappa shape index (κ3) is 3.19. The summed E-state index contributed by atoms with van der Waals surface area (Å²) in [6.45, 7) is 5.87. The summed E-state index contributed by atoms with van der Waals surface area (Å²) in [4.78, 5) is 2.43. The van der Waals surface area contributed by atoms with Gasteiger partial charge in [-0.05, 0) is 23.3 Å². The molecule has 0 aliphatic carbocycles. The van der Waals surface area contributed by atoms with Crippen LogP contribution < -0.4 is 11.1 Å². The fourth-order valence-corrected chi connectivity index (χ4v) is 2.33. The van der Waals surface area contributed by atoms with Crippen LogP contribution in [0.25, 0.3) is 0 Å². The Kier molecular flexibility index (Phi) is 4.18. The van der Waals surface area contributed by atoms with Crippen LogP contribution in [0.3, 0.4) is 0 Å². The van der Waals surface area contributed by atoms with Crippen molar-refractivity contribution in [2.75, 3.05) is 26.2 Å². The second kappa shape index (κ2) is 5.64. The van der Waals surface area contributed by atoms with Gasteiger partial charge in [0.1, 0.15) is 0 Å². The SMILES string of the molecule is NCc1cc(Cl)cc(CN2CCNCC2)c1. The molecule has 1 fully saturated rings. The average molecular weight is 240 g/mol. The topological polar surface area (TPSA) is 41.3 Å². The Labute approximate surface area is 102 Å². The van der Waals surface area contributed by atoms with Crippen LogP contribution in [-0.4, -0.2) is 31.1 Å². The molecule has 88 valence electrons. The van der Waals surface area contributed by atoms with Gasteiger partial charge >= 0.3 is 0 Å². The molecule has 0 spiro atoms. The van der Waals surface area contributed by atoms with Crippen LogP contribution in [-0.2, 0) is 13.1 Å². The maximum Gasteiger partial charge on any atom is 0.0412 e. The molecular weight excluding hydrogens is 222 g/mol. The zero-order chi connectivity index (χ0) is 11.4. The van der Waals surface area contributed by atoms with E-state index in [1.54, 1.807) is 0 Å². The highest BCUT2D eigenvalue weighted by Gasteiger charge is 2.10. The third-order valence-corrected chi connectivity index (χ3v) is 3.09. The van der Waals surface area contributed by atoms with Gasteiger partial charge in [-0.15, -0.1) is 0 Å². The van der Waals surface area contributed by atoms with Gasteiger partial charge in [-0.3, -0.25) is 4.90 Å². The Bertz CT molecular complexity index is 348. The molecule has 0 saturated carbocycles. The molecule has 1 saturated heterocycles. The Morgan fingerprint density at radius 3 is 2.56 bits per heavy atom. The first kappa shape index (κ1) is 11.9. The van der Waals surface area contributed by atoms with E-state index >= 15 is 0 Å². The van der Waals surface area contributed by atoms with E-state index in [-0.39, 0.29) is 0 Å². The lowest BCUT2D eigenvalue weighted by molar-refractivity contribution is 0.233. The molecule has 1 aliphatic rings. The Balaban J connectivity index is 2.04. The van der Waals surface area contributed by atoms with E-state index in [1.165, 1.54) is 5.56 Å². The number of benzene rings is 1. The summed E-state index contributed by atoms with van der Waals surface area (Å²) in [6.07, 6.45) is 0. The number of piperazine rings is 1. The maximum absolute atomic E-state index is 6.06. The summed E-state index contributed by atoms with van der Waals surface area (Å²) in [5, 5.41) is 4.13. The number of rotatable bonds is 3. The monoisotopic (exact) mass is 239 g/mol. The molecule has 1 aliphatic heterocycles. The summed E-state index contributed by atoms with van der Waals surface area (Å²) in [5.41, 5.74) is 8.01. The highest BCUT2D eigenvalue weighted by Crippen LogP contribution is 2.16. The number of nitrogens with two attached hydrogens (primary N) is 1. The second-order valence-electron chi connectivity index (χ2n) is 4.20. The smallest absolute Gasteiger partial charge is 0.0412 e. The first-order chi connectivity index (χ1) is 7.78. The van der Waals surface area contributed by atoms with Gasteiger partial charge in [-0.25, -0.2) is 0 Å². The third-order valence-electron chi connectivity index (χ3n) is 2.87. The molecule has 1 heterocycles. The molecule has 0 aromatic heterocycles. The normalized spacial score (nSPS) is 17.6. The van der Waals surface area contributed by atoms with Crippen LogP contribution in [0.1, 0.15) is 11.1 Å². The van der Waals surface area contributed by atoms with Crippen LogP contribution in [0.5, 0.6) is 0 Å². The number of hydrogen-bond donors (Lipinski definition) is 2. The lowest BCUT2D eigenvalue weighted by atomic mass is 10.1. The van der Waals surface area contributed by atoms with E-state index in [2.05, 4.69) is 16.3 Å². The van der Waals surface area contributed by atoms with Crippen molar-refractivity contribution in [3.05, 3.63) is 34.3 Å². The van der Waals surface area contributed by atoms with Crippen molar-refractivity contribution < 1.29 is 0 Å². The van der Waals surface area contributed by atoms with Crippen LogP contribution >= 0.6 is 11.6 Å². The van der Waals surface area contributed by atoms with Crippen LogP contribution in [0.2, 0.25) is 5.02 Å². The van der Waals surface area contributed by atoms with Crippen LogP contribution in [0.15, 0.2) is 18.2 Å². The van der Waals surface area contributed by atoms with Crippen molar-refractivity contribution in [2.45, 2.75) is 13.1 Å². The molecular formula is C12H18ClN3. The van der Waals surface area contributed by atoms with Gasteiger partial charge in [0.25, 0.3) is 0 Å². The molecule has 4 heteroatoms. The highest BCUT2D eigenvalue weighted by atomic mass is 35.5. The van der Waals surface area contributed by atoms with E-state index in [0.29, 0.717) is 6.54 Å². The van der Waals surface area contributed by atoms with Crippen LogP contribution in [0.4, 0.5) is 0 Å². The molecule has 0 bridgehead atoms. The van der Waals surface area contributed by atoms with Gasteiger partial charge in [-0.2, -0.15) is 0 Å². The second-order valence-corrected chi connectivity index (χ2v) is 4.63. The molecule has 0 unspecified atom stereocenters. The summed E-state index contributed by atoms with van der Waals surface area (Å²) in [6, 6.07) is 6.11. The minimum atomic E-state index is 0.551. The van der Waals surface area contributed by atoms with Gasteiger partial charge in [0.05, 0.1) is 0 Å². The molecule has 3 N–H and O–H groups in total. The average Bonchev–Trinajstić information content (AvgIpc) is 2.29. The zero-order valence-corrected chi connectivity index (χ0v) is 10.1. The fraction of sp³-hybridized carbons (Fsp3) is 0.500. The molecule has 1 aromatic rings. The summed E-state index contributed by atoms with van der Waals surface area (Å²) in [7, 11) is 0. The number of nitrogens with zero attached hydrogens (tertiary/aromatic N) is 1. The quantitative estimate of drug-likeness (QED) is 0.833. The van der Waals surface area contributed by atoms with E-state index in [4.69, 9.17) is 17.3 Å². The number of halogens is 1. The summed E-state index contributed by atoms with van der Waals surface area (Å²) in [5.74, 6) is 0. The minimum Gasteiger partial charge on any atom is -0.326 e. The van der Waals surface area contributed by atoms with Crippen LogP contribution in [0, 0.1) is 0 Å². The van der Waals surface area contributed by atoms with Gasteiger partial charge in [0.2, 0.25) is 0 Å². The van der Waals surface area contributed by atoms with Crippen molar-refractivity contribution in [3.63, 3.8) is 0 Å². The van der Waals surface area contributed by atoms with Crippen molar-refractivity contribution in [2.24, 2.45) is 5.73 Å². The van der Waals surface area contributed by atoms with E-state index in [9.17, 15) is 0 Å². The summed E-state index contributed by atoms with van der Waals surface area (Å²) >= 11 is 6.06. The molecule has 0 atom stereocenters. The molecule has 3 nitrogen and oxygen atoms in total. The molecule has 1 aromatic carbocycles.